The highest BCUT2D eigenvalue weighted by Crippen LogP contribution is 2.52. The van der Waals surface area contributed by atoms with Gasteiger partial charge in [-0.3, -0.25) is 0 Å². The Kier molecular flexibility index (Phi) is 3.93. The molecule has 0 amide bonds. The highest BCUT2D eigenvalue weighted by molar-refractivity contribution is 5.85. The van der Waals surface area contributed by atoms with E-state index >= 15 is 0 Å². The van der Waals surface area contributed by atoms with E-state index in [1.54, 1.807) is 16.7 Å². The summed E-state index contributed by atoms with van der Waals surface area (Å²) in [5.74, 6) is 0. The molecule has 0 N–H and O–H groups in total. The number of hydrogen-bond acceptors (Lipinski definition) is 1. The predicted octanol–water partition coefficient (Wildman–Crippen LogP) is 6.67. The fourth-order valence-electron chi connectivity index (χ4n) is 6.55. The number of fused-ring (bicyclic) bond motifs is 7. The number of rotatable bonds is 2. The predicted molar refractivity (Wildman–Crippen MR) is 119 cm³/mol. The van der Waals surface area contributed by atoms with Crippen LogP contribution in [-0.2, 0) is 36.0 Å². The Hall–Kier alpha value is -2.12. The van der Waals surface area contributed by atoms with Gasteiger partial charge in [0.1, 0.15) is 0 Å². The molecule has 29 heavy (non-hydrogen) atoms. The van der Waals surface area contributed by atoms with E-state index in [1.165, 1.54) is 60.4 Å². The minimum atomic E-state index is -0.122. The maximum Gasteiger partial charge on any atom is 0.0913 e. The van der Waals surface area contributed by atoms with E-state index in [4.69, 9.17) is 4.74 Å². The van der Waals surface area contributed by atoms with E-state index in [2.05, 4.69) is 61.5 Å². The largest absolute Gasteiger partial charge is 0.363 e. The summed E-state index contributed by atoms with van der Waals surface area (Å²) in [6.07, 6.45) is 10.9. The van der Waals surface area contributed by atoms with Gasteiger partial charge in [-0.25, -0.2) is 0 Å². The van der Waals surface area contributed by atoms with Gasteiger partial charge in [-0.15, -0.1) is 0 Å². The van der Waals surface area contributed by atoms with Crippen molar-refractivity contribution < 1.29 is 4.74 Å². The highest BCUT2D eigenvalue weighted by atomic mass is 16.5. The standard InChI is InChI=1S/C28H30O/c1-27-16-7-17-28(29-27,18-22-11-6-10-20-8-2-4-12-23(20)22)19-25-24-13-5-3-9-21(24)14-15-26(25)27/h2,4,6,8,10-12,14-15H,3,5,7,9,13,16-19H2,1H3/t27-,28-/m0/s1. The molecule has 2 bridgehead atoms. The summed E-state index contributed by atoms with van der Waals surface area (Å²) in [7, 11) is 0. The van der Waals surface area contributed by atoms with E-state index in [9.17, 15) is 0 Å². The van der Waals surface area contributed by atoms with Crippen molar-refractivity contribution >= 4 is 10.8 Å². The first-order valence-corrected chi connectivity index (χ1v) is 11.5. The van der Waals surface area contributed by atoms with Crippen LogP contribution in [-0.4, -0.2) is 5.60 Å². The minimum absolute atomic E-state index is 0.0588. The normalized spacial score (nSPS) is 28.0. The van der Waals surface area contributed by atoms with Crippen LogP contribution in [0.1, 0.15) is 66.8 Å². The van der Waals surface area contributed by atoms with Crippen LogP contribution in [0.4, 0.5) is 0 Å². The molecule has 0 unspecified atom stereocenters. The molecule has 3 aromatic carbocycles. The second kappa shape index (κ2) is 6.44. The Labute approximate surface area is 174 Å². The van der Waals surface area contributed by atoms with Gasteiger partial charge >= 0.3 is 0 Å². The lowest BCUT2D eigenvalue weighted by molar-refractivity contribution is -0.198. The number of aryl methyl sites for hydroxylation is 1. The summed E-state index contributed by atoms with van der Waals surface area (Å²) >= 11 is 0. The molecule has 3 aliphatic rings. The van der Waals surface area contributed by atoms with Crippen molar-refractivity contribution in [3.05, 3.63) is 82.4 Å². The molecular formula is C28H30O. The smallest absolute Gasteiger partial charge is 0.0913 e. The third-order valence-corrected chi connectivity index (χ3v) is 7.84. The van der Waals surface area contributed by atoms with Gasteiger partial charge in [0, 0.05) is 12.8 Å². The van der Waals surface area contributed by atoms with Gasteiger partial charge in [0.25, 0.3) is 0 Å². The Morgan fingerprint density at radius 2 is 1.69 bits per heavy atom. The topological polar surface area (TPSA) is 9.23 Å². The summed E-state index contributed by atoms with van der Waals surface area (Å²) in [6.45, 7) is 2.36. The van der Waals surface area contributed by atoms with E-state index in [1.807, 2.05) is 0 Å². The van der Waals surface area contributed by atoms with Crippen molar-refractivity contribution in [3.63, 3.8) is 0 Å². The van der Waals surface area contributed by atoms with Crippen molar-refractivity contribution in [1.29, 1.82) is 0 Å². The summed E-state index contributed by atoms with van der Waals surface area (Å²) in [5, 5.41) is 2.73. The molecule has 1 saturated heterocycles. The van der Waals surface area contributed by atoms with Crippen LogP contribution < -0.4 is 0 Å². The second-order valence-corrected chi connectivity index (χ2v) is 9.80. The Bertz CT molecular complexity index is 1090. The van der Waals surface area contributed by atoms with Crippen LogP contribution in [0.25, 0.3) is 10.8 Å². The van der Waals surface area contributed by atoms with E-state index < -0.39 is 0 Å². The number of ether oxygens (including phenoxy) is 1. The first-order valence-electron chi connectivity index (χ1n) is 11.5. The van der Waals surface area contributed by atoms with Crippen molar-refractivity contribution in [2.24, 2.45) is 0 Å². The molecule has 1 aliphatic carbocycles. The SMILES string of the molecule is C[C@]12CCC[C@](Cc3cccc4ccccc34)(Cc3c1ccc1c3CCCC1)O2. The van der Waals surface area contributed by atoms with E-state index in [0.29, 0.717) is 0 Å². The lowest BCUT2D eigenvalue weighted by Gasteiger charge is -2.53. The van der Waals surface area contributed by atoms with Gasteiger partial charge in [0.2, 0.25) is 0 Å². The molecule has 2 aliphatic heterocycles. The van der Waals surface area contributed by atoms with Gasteiger partial charge in [-0.1, -0.05) is 54.6 Å². The molecule has 0 spiro atoms. The lowest BCUT2D eigenvalue weighted by Crippen LogP contribution is -2.52. The van der Waals surface area contributed by atoms with Crippen molar-refractivity contribution in [3.8, 4) is 0 Å². The molecule has 6 rings (SSSR count). The zero-order valence-corrected chi connectivity index (χ0v) is 17.5. The Balaban J connectivity index is 1.47. The van der Waals surface area contributed by atoms with Crippen LogP contribution in [0.5, 0.6) is 0 Å². The van der Waals surface area contributed by atoms with Crippen LogP contribution in [0.3, 0.4) is 0 Å². The van der Waals surface area contributed by atoms with Crippen LogP contribution in [0.15, 0.2) is 54.6 Å². The molecule has 2 atom stereocenters. The summed E-state index contributed by atoms with van der Waals surface area (Å²) in [4.78, 5) is 0. The van der Waals surface area contributed by atoms with Crippen LogP contribution in [0.2, 0.25) is 0 Å². The molecule has 1 nitrogen and oxygen atoms in total. The van der Waals surface area contributed by atoms with Gasteiger partial charge in [0.05, 0.1) is 11.2 Å². The van der Waals surface area contributed by atoms with Crippen molar-refractivity contribution in [2.45, 2.75) is 75.9 Å². The molecular weight excluding hydrogens is 352 g/mol. The first-order chi connectivity index (χ1) is 14.2. The zero-order chi connectivity index (χ0) is 19.5. The number of benzene rings is 3. The molecule has 0 aromatic heterocycles. The third kappa shape index (κ3) is 2.78. The fourth-order valence-corrected chi connectivity index (χ4v) is 6.55. The van der Waals surface area contributed by atoms with Gasteiger partial charge in [0.15, 0.2) is 0 Å². The van der Waals surface area contributed by atoms with Crippen molar-refractivity contribution in [1.82, 2.24) is 0 Å². The monoisotopic (exact) mass is 382 g/mol. The molecule has 0 saturated carbocycles. The fraction of sp³-hybridized carbons (Fsp3) is 0.429. The summed E-state index contributed by atoms with van der Waals surface area (Å²) in [6, 6.07) is 20.4. The van der Waals surface area contributed by atoms with Gasteiger partial charge in [-0.2, -0.15) is 0 Å². The zero-order valence-electron chi connectivity index (χ0n) is 17.5. The van der Waals surface area contributed by atoms with Gasteiger partial charge in [-0.05, 0) is 90.5 Å². The van der Waals surface area contributed by atoms with Gasteiger partial charge < -0.3 is 4.74 Å². The number of hydrogen-bond donors (Lipinski definition) is 0. The molecule has 1 fully saturated rings. The highest BCUT2D eigenvalue weighted by Gasteiger charge is 2.49. The van der Waals surface area contributed by atoms with Crippen LogP contribution in [0, 0.1) is 0 Å². The third-order valence-electron chi connectivity index (χ3n) is 7.84. The van der Waals surface area contributed by atoms with Crippen LogP contribution >= 0.6 is 0 Å². The average molecular weight is 383 g/mol. The molecule has 1 heteroatoms. The Morgan fingerprint density at radius 1 is 0.828 bits per heavy atom. The second-order valence-electron chi connectivity index (χ2n) is 9.80. The average Bonchev–Trinajstić information content (AvgIpc) is 2.74. The summed E-state index contributed by atoms with van der Waals surface area (Å²) < 4.78 is 7.07. The maximum atomic E-state index is 7.07. The Morgan fingerprint density at radius 3 is 2.66 bits per heavy atom. The first kappa shape index (κ1) is 17.7. The molecule has 3 aromatic rings. The quantitative estimate of drug-likeness (QED) is 0.481. The maximum absolute atomic E-state index is 7.07. The molecule has 2 heterocycles. The lowest BCUT2D eigenvalue weighted by atomic mass is 9.68. The minimum Gasteiger partial charge on any atom is -0.363 e. The molecule has 148 valence electrons. The van der Waals surface area contributed by atoms with Crippen molar-refractivity contribution in [2.75, 3.05) is 0 Å². The van der Waals surface area contributed by atoms with E-state index in [0.717, 1.165) is 19.3 Å². The molecule has 0 radical (unpaired) electrons. The van der Waals surface area contributed by atoms with E-state index in [-0.39, 0.29) is 11.2 Å². The summed E-state index contributed by atoms with van der Waals surface area (Å²) in [5.41, 5.74) is 7.69.